The third-order valence-electron chi connectivity index (χ3n) is 1.95. The molecule has 1 fully saturated rings. The van der Waals surface area contributed by atoms with Crippen LogP contribution in [-0.4, -0.2) is 22.3 Å². The first kappa shape index (κ1) is 9.78. The summed E-state index contributed by atoms with van der Waals surface area (Å²) in [6.07, 6.45) is 5.87. The minimum Gasteiger partial charge on any atom is -0.502 e. The maximum atomic E-state index is 10.7. The van der Waals surface area contributed by atoms with Crippen molar-refractivity contribution in [3.8, 4) is 0 Å². The molecular weight excluding hydrogens is 172 g/mol. The van der Waals surface area contributed by atoms with Gasteiger partial charge in [-0.1, -0.05) is 6.08 Å². The van der Waals surface area contributed by atoms with Crippen LogP contribution in [0.1, 0.15) is 19.8 Å². The molecule has 0 N–H and O–H groups in total. The first-order valence-corrected chi connectivity index (χ1v) is 5.89. The lowest BCUT2D eigenvalue weighted by atomic mass is 10.1. The fraction of sp³-hybridized carbons (Fsp3) is 0.778. The summed E-state index contributed by atoms with van der Waals surface area (Å²) in [5.74, 6) is 2.55. The summed E-state index contributed by atoms with van der Waals surface area (Å²) in [6.45, 7) is 2.74. The predicted octanol–water partition coefficient (Wildman–Crippen LogP) is 1.70. The van der Waals surface area contributed by atoms with Crippen LogP contribution in [0.2, 0.25) is 0 Å². The quantitative estimate of drug-likeness (QED) is 0.485. The van der Waals surface area contributed by atoms with Gasteiger partial charge in [-0.15, -0.1) is 0 Å². The van der Waals surface area contributed by atoms with E-state index in [1.54, 1.807) is 6.26 Å². The van der Waals surface area contributed by atoms with Crippen LogP contribution in [0.4, 0.5) is 0 Å². The van der Waals surface area contributed by atoms with E-state index in [0.29, 0.717) is 5.92 Å². The Labute approximate surface area is 76.5 Å². The molecule has 1 saturated heterocycles. The second kappa shape index (κ2) is 5.36. The molecule has 0 aromatic heterocycles. The minimum atomic E-state index is -0.486. The van der Waals surface area contributed by atoms with Gasteiger partial charge < -0.3 is 4.74 Å². The molecule has 1 rings (SSSR count). The van der Waals surface area contributed by atoms with Gasteiger partial charge in [0.2, 0.25) is 0 Å². The largest absolute Gasteiger partial charge is 0.502 e. The Kier molecular flexibility index (Phi) is 4.36. The molecule has 0 aromatic carbocycles. The van der Waals surface area contributed by atoms with Crippen molar-refractivity contribution in [2.45, 2.75) is 19.8 Å². The number of rotatable bonds is 5. The van der Waals surface area contributed by atoms with Crippen molar-refractivity contribution in [1.82, 2.24) is 0 Å². The van der Waals surface area contributed by atoms with Gasteiger partial charge in [-0.2, -0.15) is 0 Å². The van der Waals surface area contributed by atoms with Crippen LogP contribution in [0.5, 0.6) is 0 Å². The standard InChI is InChI=1S/C9H16O2S/c1-2-5-11-6-3-4-9-7-12(10)8-9/h2,5,9H,3-4,6-8H2,1H3/b5-2+. The molecule has 0 atom stereocenters. The van der Waals surface area contributed by atoms with Crippen LogP contribution in [0.15, 0.2) is 12.3 Å². The first-order chi connectivity index (χ1) is 5.83. The average Bonchev–Trinajstić information content (AvgIpc) is 2.00. The summed E-state index contributed by atoms with van der Waals surface area (Å²) in [4.78, 5) is 0. The van der Waals surface area contributed by atoms with E-state index < -0.39 is 10.8 Å². The number of hydrogen-bond donors (Lipinski definition) is 0. The van der Waals surface area contributed by atoms with E-state index in [1.165, 1.54) is 6.42 Å². The normalized spacial score (nSPS) is 28.8. The zero-order valence-corrected chi connectivity index (χ0v) is 8.31. The molecule has 0 aromatic rings. The zero-order valence-electron chi connectivity index (χ0n) is 7.49. The number of ether oxygens (including phenoxy) is 1. The molecule has 0 aliphatic carbocycles. The molecule has 12 heavy (non-hydrogen) atoms. The van der Waals surface area contributed by atoms with Crippen LogP contribution in [0, 0.1) is 5.92 Å². The second-order valence-electron chi connectivity index (χ2n) is 3.12. The van der Waals surface area contributed by atoms with Gasteiger partial charge >= 0.3 is 0 Å². The highest BCUT2D eigenvalue weighted by atomic mass is 32.2. The fourth-order valence-electron chi connectivity index (χ4n) is 1.26. The summed E-state index contributed by atoms with van der Waals surface area (Å²) in [6, 6.07) is 0. The zero-order chi connectivity index (χ0) is 8.81. The third-order valence-corrected chi connectivity index (χ3v) is 3.64. The van der Waals surface area contributed by atoms with Gasteiger partial charge in [-0.25, -0.2) is 0 Å². The van der Waals surface area contributed by atoms with Crippen molar-refractivity contribution < 1.29 is 8.95 Å². The van der Waals surface area contributed by atoms with Gasteiger partial charge in [0.1, 0.15) is 0 Å². The molecule has 1 aliphatic rings. The fourth-order valence-corrected chi connectivity index (χ4v) is 2.55. The summed E-state index contributed by atoms with van der Waals surface area (Å²) in [5, 5.41) is 0. The lowest BCUT2D eigenvalue weighted by molar-refractivity contribution is 0.235. The monoisotopic (exact) mass is 188 g/mol. The molecule has 0 saturated carbocycles. The molecule has 0 unspecified atom stereocenters. The van der Waals surface area contributed by atoms with Crippen LogP contribution in [0.3, 0.4) is 0 Å². The first-order valence-electron chi connectivity index (χ1n) is 4.40. The van der Waals surface area contributed by atoms with Gasteiger partial charge in [-0.05, 0) is 25.7 Å². The van der Waals surface area contributed by atoms with Crippen LogP contribution >= 0.6 is 0 Å². The number of allylic oxidation sites excluding steroid dienone is 1. The topological polar surface area (TPSA) is 26.3 Å². The highest BCUT2D eigenvalue weighted by molar-refractivity contribution is 7.86. The van der Waals surface area contributed by atoms with Crippen LogP contribution in [-0.2, 0) is 15.5 Å². The Morgan fingerprint density at radius 1 is 1.58 bits per heavy atom. The Morgan fingerprint density at radius 3 is 2.92 bits per heavy atom. The minimum absolute atomic E-state index is 0.486. The summed E-state index contributed by atoms with van der Waals surface area (Å²) >= 11 is 0. The van der Waals surface area contributed by atoms with Crippen molar-refractivity contribution in [2.24, 2.45) is 5.92 Å². The average molecular weight is 188 g/mol. The molecule has 0 spiro atoms. The van der Waals surface area contributed by atoms with Gasteiger partial charge in [0, 0.05) is 22.3 Å². The van der Waals surface area contributed by atoms with Crippen molar-refractivity contribution in [1.29, 1.82) is 0 Å². The van der Waals surface area contributed by atoms with E-state index in [4.69, 9.17) is 4.74 Å². The van der Waals surface area contributed by atoms with Crippen LogP contribution in [0.25, 0.3) is 0 Å². The molecule has 70 valence electrons. The Bertz CT molecular complexity index is 169. The van der Waals surface area contributed by atoms with Crippen molar-refractivity contribution >= 4 is 10.8 Å². The highest BCUT2D eigenvalue weighted by Crippen LogP contribution is 2.19. The van der Waals surface area contributed by atoms with Crippen molar-refractivity contribution in [3.05, 3.63) is 12.3 Å². The summed E-state index contributed by atoms with van der Waals surface area (Å²) in [7, 11) is -0.486. The van der Waals surface area contributed by atoms with Gasteiger partial charge in [0.15, 0.2) is 0 Å². The van der Waals surface area contributed by atoms with E-state index in [9.17, 15) is 4.21 Å². The Morgan fingerprint density at radius 2 is 2.33 bits per heavy atom. The van der Waals surface area contributed by atoms with Gasteiger partial charge in [0.05, 0.1) is 12.9 Å². The summed E-state index contributed by atoms with van der Waals surface area (Å²) in [5.41, 5.74) is 0. The molecule has 0 bridgehead atoms. The highest BCUT2D eigenvalue weighted by Gasteiger charge is 2.24. The number of hydrogen-bond acceptors (Lipinski definition) is 2. The smallest absolute Gasteiger partial charge is 0.0873 e. The maximum absolute atomic E-state index is 10.7. The molecule has 0 radical (unpaired) electrons. The summed E-state index contributed by atoms with van der Waals surface area (Å²) < 4.78 is 15.9. The maximum Gasteiger partial charge on any atom is 0.0873 e. The third kappa shape index (κ3) is 3.39. The lowest BCUT2D eigenvalue weighted by Gasteiger charge is -2.24. The Hall–Kier alpha value is -0.310. The predicted molar refractivity (Wildman–Crippen MR) is 51.4 cm³/mol. The van der Waals surface area contributed by atoms with Crippen molar-refractivity contribution in [2.75, 3.05) is 18.1 Å². The van der Waals surface area contributed by atoms with E-state index in [0.717, 1.165) is 24.5 Å². The SMILES string of the molecule is C/C=C/OCCCC1CS(=O)C1. The van der Waals surface area contributed by atoms with Crippen molar-refractivity contribution in [3.63, 3.8) is 0 Å². The molecule has 2 nitrogen and oxygen atoms in total. The van der Waals surface area contributed by atoms with Gasteiger partial charge in [0.25, 0.3) is 0 Å². The van der Waals surface area contributed by atoms with E-state index in [2.05, 4.69) is 0 Å². The van der Waals surface area contributed by atoms with E-state index in [-0.39, 0.29) is 0 Å². The van der Waals surface area contributed by atoms with Crippen LogP contribution < -0.4 is 0 Å². The molecule has 1 heterocycles. The van der Waals surface area contributed by atoms with E-state index in [1.807, 2.05) is 13.0 Å². The molecule has 3 heteroatoms. The van der Waals surface area contributed by atoms with Gasteiger partial charge in [-0.3, -0.25) is 4.21 Å². The molecular formula is C9H16O2S. The molecule has 1 aliphatic heterocycles. The second-order valence-corrected chi connectivity index (χ2v) is 4.67. The molecule has 0 amide bonds. The Balaban J connectivity index is 1.86. The lowest BCUT2D eigenvalue weighted by Crippen LogP contribution is -2.30. The van der Waals surface area contributed by atoms with E-state index >= 15 is 0 Å².